The van der Waals surface area contributed by atoms with E-state index in [-0.39, 0.29) is 12.4 Å². The SMILES string of the molecule is COc1cc(Cl)c(CN)cc1OC.Cl. The van der Waals surface area contributed by atoms with Crippen molar-refractivity contribution in [2.45, 2.75) is 6.54 Å². The highest BCUT2D eigenvalue weighted by Crippen LogP contribution is 2.32. The van der Waals surface area contributed by atoms with Crippen LogP contribution in [0.5, 0.6) is 11.5 Å². The van der Waals surface area contributed by atoms with E-state index in [4.69, 9.17) is 26.8 Å². The number of hydrogen-bond donors (Lipinski definition) is 1. The Kier molecular flexibility index (Phi) is 5.69. The molecule has 0 fully saturated rings. The van der Waals surface area contributed by atoms with E-state index in [1.807, 2.05) is 0 Å². The van der Waals surface area contributed by atoms with Gasteiger partial charge in [0.25, 0.3) is 0 Å². The maximum absolute atomic E-state index is 5.92. The molecule has 0 unspecified atom stereocenters. The second kappa shape index (κ2) is 5.96. The molecule has 0 amide bonds. The Labute approximate surface area is 94.5 Å². The Morgan fingerprint density at radius 1 is 1.21 bits per heavy atom. The third-order valence-corrected chi connectivity index (χ3v) is 2.12. The highest BCUT2D eigenvalue weighted by Gasteiger charge is 2.07. The van der Waals surface area contributed by atoms with E-state index in [1.54, 1.807) is 26.4 Å². The van der Waals surface area contributed by atoms with Crippen LogP contribution in [0.2, 0.25) is 5.02 Å². The lowest BCUT2D eigenvalue weighted by Gasteiger charge is -2.10. The molecule has 0 aliphatic carbocycles. The number of rotatable bonds is 3. The fourth-order valence-electron chi connectivity index (χ4n) is 1.05. The smallest absolute Gasteiger partial charge is 0.162 e. The Balaban J connectivity index is 0.00000169. The fraction of sp³-hybridized carbons (Fsp3) is 0.333. The van der Waals surface area contributed by atoms with Crippen molar-refractivity contribution in [3.63, 3.8) is 0 Å². The molecule has 0 radical (unpaired) electrons. The van der Waals surface area contributed by atoms with Crippen molar-refractivity contribution in [1.82, 2.24) is 0 Å². The third-order valence-electron chi connectivity index (χ3n) is 1.77. The van der Waals surface area contributed by atoms with E-state index in [9.17, 15) is 0 Å². The molecule has 2 N–H and O–H groups in total. The van der Waals surface area contributed by atoms with Crippen LogP contribution in [0.3, 0.4) is 0 Å². The number of nitrogens with two attached hydrogens (primary N) is 1. The molecule has 0 aliphatic heterocycles. The van der Waals surface area contributed by atoms with Gasteiger partial charge < -0.3 is 15.2 Å². The molecule has 1 aromatic rings. The molecule has 1 aromatic carbocycles. The number of methoxy groups -OCH3 is 2. The lowest BCUT2D eigenvalue weighted by atomic mass is 10.2. The van der Waals surface area contributed by atoms with Gasteiger partial charge in [0.05, 0.1) is 14.2 Å². The van der Waals surface area contributed by atoms with Gasteiger partial charge in [0.15, 0.2) is 11.5 Å². The summed E-state index contributed by atoms with van der Waals surface area (Å²) >= 11 is 5.92. The zero-order valence-corrected chi connectivity index (χ0v) is 9.61. The van der Waals surface area contributed by atoms with Gasteiger partial charge >= 0.3 is 0 Å². The van der Waals surface area contributed by atoms with Crippen LogP contribution in [-0.4, -0.2) is 14.2 Å². The van der Waals surface area contributed by atoms with Crippen LogP contribution in [0.15, 0.2) is 12.1 Å². The van der Waals surface area contributed by atoms with Crippen LogP contribution < -0.4 is 15.2 Å². The standard InChI is InChI=1S/C9H12ClNO2.ClH/c1-12-8-3-6(5-11)7(10)4-9(8)13-2;/h3-4H,5,11H2,1-2H3;1H. The second-order valence-electron chi connectivity index (χ2n) is 2.50. The summed E-state index contributed by atoms with van der Waals surface area (Å²) in [7, 11) is 3.14. The Bertz CT molecular complexity index is 305. The zero-order valence-electron chi connectivity index (χ0n) is 8.04. The summed E-state index contributed by atoms with van der Waals surface area (Å²) < 4.78 is 10.2. The maximum Gasteiger partial charge on any atom is 0.162 e. The van der Waals surface area contributed by atoms with Gasteiger partial charge in [0.1, 0.15) is 0 Å². The van der Waals surface area contributed by atoms with E-state index >= 15 is 0 Å². The molecule has 0 aromatic heterocycles. The first-order valence-corrected chi connectivity index (χ1v) is 4.21. The van der Waals surface area contributed by atoms with Crippen molar-refractivity contribution in [1.29, 1.82) is 0 Å². The van der Waals surface area contributed by atoms with Crippen molar-refractivity contribution in [2.75, 3.05) is 14.2 Å². The molecule has 0 aliphatic rings. The highest BCUT2D eigenvalue weighted by atomic mass is 35.5. The summed E-state index contributed by atoms with van der Waals surface area (Å²) in [6.07, 6.45) is 0. The first-order chi connectivity index (χ1) is 6.22. The molecule has 14 heavy (non-hydrogen) atoms. The number of benzene rings is 1. The summed E-state index contributed by atoms with van der Waals surface area (Å²) in [5.41, 5.74) is 6.33. The van der Waals surface area contributed by atoms with Gasteiger partial charge in [-0.2, -0.15) is 0 Å². The van der Waals surface area contributed by atoms with Crippen LogP contribution in [0, 0.1) is 0 Å². The lowest BCUT2D eigenvalue weighted by Crippen LogP contribution is -1.99. The molecule has 0 bridgehead atoms. The topological polar surface area (TPSA) is 44.5 Å². The Morgan fingerprint density at radius 3 is 2.14 bits per heavy atom. The number of halogens is 2. The molecule has 0 saturated carbocycles. The molecule has 3 nitrogen and oxygen atoms in total. The monoisotopic (exact) mass is 237 g/mol. The van der Waals surface area contributed by atoms with Crippen molar-refractivity contribution in [3.05, 3.63) is 22.7 Å². The van der Waals surface area contributed by atoms with Gasteiger partial charge in [-0.05, 0) is 11.6 Å². The predicted molar refractivity (Wildman–Crippen MR) is 59.7 cm³/mol. The molecule has 0 saturated heterocycles. The Hall–Kier alpha value is -0.640. The second-order valence-corrected chi connectivity index (χ2v) is 2.91. The minimum Gasteiger partial charge on any atom is -0.493 e. The van der Waals surface area contributed by atoms with Crippen LogP contribution in [0.25, 0.3) is 0 Å². The van der Waals surface area contributed by atoms with Crippen molar-refractivity contribution in [2.24, 2.45) is 5.73 Å². The van der Waals surface area contributed by atoms with E-state index < -0.39 is 0 Å². The third kappa shape index (κ3) is 2.67. The number of ether oxygens (including phenoxy) is 2. The highest BCUT2D eigenvalue weighted by molar-refractivity contribution is 6.31. The minimum atomic E-state index is 0. The van der Waals surface area contributed by atoms with Crippen LogP contribution >= 0.6 is 24.0 Å². The van der Waals surface area contributed by atoms with Gasteiger partial charge in [-0.25, -0.2) is 0 Å². The van der Waals surface area contributed by atoms with Crippen molar-refractivity contribution < 1.29 is 9.47 Å². The molecular weight excluding hydrogens is 225 g/mol. The molecule has 0 heterocycles. The molecule has 0 spiro atoms. The first-order valence-electron chi connectivity index (χ1n) is 3.83. The largest absolute Gasteiger partial charge is 0.493 e. The average molecular weight is 238 g/mol. The van der Waals surface area contributed by atoms with E-state index in [0.29, 0.717) is 23.1 Å². The molecule has 80 valence electrons. The number of hydrogen-bond acceptors (Lipinski definition) is 3. The van der Waals surface area contributed by atoms with Gasteiger partial charge in [-0.1, -0.05) is 11.6 Å². The van der Waals surface area contributed by atoms with Gasteiger partial charge in [-0.3, -0.25) is 0 Å². The van der Waals surface area contributed by atoms with Crippen molar-refractivity contribution >= 4 is 24.0 Å². The predicted octanol–water partition coefficient (Wildman–Crippen LogP) is 2.24. The van der Waals surface area contributed by atoms with E-state index in [0.717, 1.165) is 5.56 Å². The first kappa shape index (κ1) is 13.4. The van der Waals surface area contributed by atoms with E-state index in [2.05, 4.69) is 0 Å². The fourth-order valence-corrected chi connectivity index (χ4v) is 1.28. The molecule has 0 atom stereocenters. The van der Waals surface area contributed by atoms with Crippen molar-refractivity contribution in [3.8, 4) is 11.5 Å². The van der Waals surface area contributed by atoms with Crippen LogP contribution in [-0.2, 0) is 6.54 Å². The zero-order chi connectivity index (χ0) is 9.84. The quantitative estimate of drug-likeness (QED) is 0.878. The molecule has 1 rings (SSSR count). The minimum absolute atomic E-state index is 0. The normalized spacial score (nSPS) is 9.14. The van der Waals surface area contributed by atoms with Gasteiger partial charge in [0.2, 0.25) is 0 Å². The van der Waals surface area contributed by atoms with Gasteiger partial charge in [0, 0.05) is 17.6 Å². The summed E-state index contributed by atoms with van der Waals surface area (Å²) in [6, 6.07) is 3.48. The summed E-state index contributed by atoms with van der Waals surface area (Å²) in [5, 5.41) is 0.597. The molecular formula is C9H13Cl2NO2. The van der Waals surface area contributed by atoms with Crippen LogP contribution in [0.1, 0.15) is 5.56 Å². The molecule has 5 heteroatoms. The van der Waals surface area contributed by atoms with Gasteiger partial charge in [-0.15, -0.1) is 12.4 Å². The average Bonchev–Trinajstić information content (AvgIpc) is 2.17. The lowest BCUT2D eigenvalue weighted by molar-refractivity contribution is 0.354. The van der Waals surface area contributed by atoms with Crippen LogP contribution in [0.4, 0.5) is 0 Å². The maximum atomic E-state index is 5.92. The van der Waals surface area contributed by atoms with E-state index in [1.165, 1.54) is 0 Å². The Morgan fingerprint density at radius 2 is 1.71 bits per heavy atom. The summed E-state index contributed by atoms with van der Waals surface area (Å²) in [4.78, 5) is 0. The summed E-state index contributed by atoms with van der Waals surface area (Å²) in [6.45, 7) is 0.388. The summed E-state index contributed by atoms with van der Waals surface area (Å²) in [5.74, 6) is 1.26.